The fourth-order valence-corrected chi connectivity index (χ4v) is 5.43. The van der Waals surface area contributed by atoms with Gasteiger partial charge in [-0.3, -0.25) is 9.36 Å². The van der Waals surface area contributed by atoms with Crippen molar-refractivity contribution in [2.24, 2.45) is 5.92 Å². The molecule has 2 aromatic heterocycles. The molecule has 0 radical (unpaired) electrons. The van der Waals surface area contributed by atoms with Crippen LogP contribution in [0.25, 0.3) is 11.2 Å². The molecule has 2 saturated heterocycles. The number of hydrogen-bond acceptors (Lipinski definition) is 11. The molecule has 1 saturated carbocycles. The van der Waals surface area contributed by atoms with Gasteiger partial charge in [-0.1, -0.05) is 36.3 Å². The molecule has 3 fully saturated rings. The fraction of sp³-hybridized carbons (Fsp3) is 0.516. The highest BCUT2D eigenvalue weighted by molar-refractivity contribution is 5.83. The van der Waals surface area contributed by atoms with Crippen molar-refractivity contribution >= 4 is 29.0 Å². The van der Waals surface area contributed by atoms with Crippen LogP contribution in [0.4, 0.5) is 10.6 Å². The summed E-state index contributed by atoms with van der Waals surface area (Å²) in [5.74, 6) is 6.20. The summed E-state index contributed by atoms with van der Waals surface area (Å²) < 4.78 is 18.1. The lowest BCUT2D eigenvalue weighted by molar-refractivity contribution is -0.137. The number of aromatic nitrogens is 4. The molecule has 3 aromatic rings. The minimum Gasteiger partial charge on any atom is -0.447 e. The monoisotopic (exact) mass is 619 g/mol. The predicted molar refractivity (Wildman–Crippen MR) is 160 cm³/mol. The first-order valence-electron chi connectivity index (χ1n) is 15.2. The van der Waals surface area contributed by atoms with Crippen LogP contribution in [0, 0.1) is 17.8 Å². The van der Waals surface area contributed by atoms with E-state index in [1.165, 1.54) is 10.9 Å². The summed E-state index contributed by atoms with van der Waals surface area (Å²) in [6, 6.07) is 9.90. The van der Waals surface area contributed by atoms with Crippen LogP contribution in [0.5, 0.6) is 0 Å². The van der Waals surface area contributed by atoms with E-state index < -0.39 is 30.4 Å². The molecule has 14 heteroatoms. The van der Waals surface area contributed by atoms with E-state index >= 15 is 0 Å². The SMILES string of the molecule is Nc1nc(C#CCC2CCN(C(=O)OCCOCc3ccccc3)CC2)nc2c1ncn2C1OC(C(=O)NC2CC2)[C@H](O)[C@@H]1O. The molecule has 4 heterocycles. The second-order valence-corrected chi connectivity index (χ2v) is 11.6. The molecule has 6 rings (SSSR count). The molecule has 2 unspecified atom stereocenters. The van der Waals surface area contributed by atoms with E-state index in [1.807, 2.05) is 30.3 Å². The number of amides is 2. The highest BCUT2D eigenvalue weighted by Crippen LogP contribution is 2.33. The Balaban J connectivity index is 0.990. The van der Waals surface area contributed by atoms with E-state index in [0.717, 1.165) is 31.2 Å². The van der Waals surface area contributed by atoms with Gasteiger partial charge in [0.15, 0.2) is 23.8 Å². The number of benzene rings is 1. The number of carbonyl (C=O) groups excluding carboxylic acids is 2. The van der Waals surface area contributed by atoms with Gasteiger partial charge in [0, 0.05) is 25.6 Å². The molecule has 1 aromatic carbocycles. The van der Waals surface area contributed by atoms with Gasteiger partial charge in [0.25, 0.3) is 5.91 Å². The number of carbonyl (C=O) groups is 2. The maximum absolute atomic E-state index is 12.5. The summed E-state index contributed by atoms with van der Waals surface area (Å²) in [4.78, 5) is 39.7. The van der Waals surface area contributed by atoms with Crippen LogP contribution in [0.15, 0.2) is 36.7 Å². The average Bonchev–Trinajstić information content (AvgIpc) is 3.68. The largest absolute Gasteiger partial charge is 0.447 e. The standard InChI is InChI=1S/C31H37N7O7/c32-27-23-28(38(18-33-23)30-25(40)24(39)26(45-30)29(41)34-21-9-10-21)36-22(35-27)8-4-7-19-11-13-37(14-12-19)31(42)44-16-15-43-17-20-5-2-1-3-6-20/h1-3,5-6,18-19,21,24-26,30,39-40H,7,9-17H2,(H,34,41)(H2,32,35,36)/t24-,25+,26?,30?/m1/s1. The van der Waals surface area contributed by atoms with Gasteiger partial charge in [-0.25, -0.2) is 19.7 Å². The topological polar surface area (TPSA) is 187 Å². The molecule has 4 atom stereocenters. The highest BCUT2D eigenvalue weighted by atomic mass is 16.6. The summed E-state index contributed by atoms with van der Waals surface area (Å²) in [5.41, 5.74) is 7.76. The minimum atomic E-state index is -1.42. The van der Waals surface area contributed by atoms with Gasteiger partial charge >= 0.3 is 6.09 Å². The van der Waals surface area contributed by atoms with E-state index in [1.54, 1.807) is 4.90 Å². The predicted octanol–water partition coefficient (Wildman–Crippen LogP) is 1.11. The zero-order chi connectivity index (χ0) is 31.3. The van der Waals surface area contributed by atoms with Crippen LogP contribution in [0.1, 0.15) is 49.7 Å². The number of hydrogen-bond donors (Lipinski definition) is 4. The molecule has 5 N–H and O–H groups in total. The molecular weight excluding hydrogens is 582 g/mol. The Morgan fingerprint density at radius 2 is 1.84 bits per heavy atom. The third-order valence-corrected chi connectivity index (χ3v) is 8.17. The smallest absolute Gasteiger partial charge is 0.409 e. The van der Waals surface area contributed by atoms with Crippen LogP contribution in [-0.2, 0) is 25.6 Å². The molecule has 238 valence electrons. The molecular formula is C31H37N7O7. The second kappa shape index (κ2) is 13.8. The van der Waals surface area contributed by atoms with Gasteiger partial charge < -0.3 is 40.4 Å². The van der Waals surface area contributed by atoms with Crippen LogP contribution < -0.4 is 11.1 Å². The van der Waals surface area contributed by atoms with Crippen molar-refractivity contribution in [3.63, 3.8) is 0 Å². The zero-order valence-corrected chi connectivity index (χ0v) is 24.7. The van der Waals surface area contributed by atoms with E-state index in [0.29, 0.717) is 44.2 Å². The summed E-state index contributed by atoms with van der Waals surface area (Å²) in [6.45, 7) is 2.18. The maximum Gasteiger partial charge on any atom is 0.409 e. The van der Waals surface area contributed by atoms with Crippen LogP contribution in [-0.4, -0.2) is 97.3 Å². The fourth-order valence-electron chi connectivity index (χ4n) is 5.43. The van der Waals surface area contributed by atoms with Crippen LogP contribution >= 0.6 is 0 Å². The highest BCUT2D eigenvalue weighted by Gasteiger charge is 2.48. The number of nitrogens with zero attached hydrogens (tertiary/aromatic N) is 5. The number of anilines is 1. The number of rotatable bonds is 9. The lowest BCUT2D eigenvalue weighted by atomic mass is 9.94. The number of nitrogen functional groups attached to an aromatic ring is 1. The van der Waals surface area contributed by atoms with Crippen molar-refractivity contribution in [1.29, 1.82) is 0 Å². The molecule has 14 nitrogen and oxygen atoms in total. The number of imidazole rings is 1. The lowest BCUT2D eigenvalue weighted by Gasteiger charge is -2.30. The first-order valence-corrected chi connectivity index (χ1v) is 15.2. The quantitative estimate of drug-likeness (QED) is 0.199. The molecule has 2 aliphatic heterocycles. The molecule has 3 aliphatic rings. The van der Waals surface area contributed by atoms with Gasteiger partial charge in [-0.2, -0.15) is 0 Å². The van der Waals surface area contributed by atoms with Crippen molar-refractivity contribution in [3.8, 4) is 11.8 Å². The Labute approximate surface area is 259 Å². The summed E-state index contributed by atoms with van der Waals surface area (Å²) in [7, 11) is 0. The Morgan fingerprint density at radius 3 is 2.60 bits per heavy atom. The Kier molecular flexibility index (Phi) is 9.41. The van der Waals surface area contributed by atoms with Crippen LogP contribution in [0.2, 0.25) is 0 Å². The average molecular weight is 620 g/mol. The van der Waals surface area contributed by atoms with E-state index in [-0.39, 0.29) is 36.0 Å². The Bertz CT molecular complexity index is 1560. The number of aliphatic hydroxyl groups is 2. The first kappa shape index (κ1) is 30.7. The van der Waals surface area contributed by atoms with Gasteiger partial charge in [0.1, 0.15) is 24.3 Å². The van der Waals surface area contributed by atoms with E-state index in [9.17, 15) is 19.8 Å². The third kappa shape index (κ3) is 7.34. The number of fused-ring (bicyclic) bond motifs is 1. The summed E-state index contributed by atoms with van der Waals surface area (Å²) in [5, 5.41) is 24.0. The van der Waals surface area contributed by atoms with Gasteiger partial charge in [-0.15, -0.1) is 0 Å². The second-order valence-electron chi connectivity index (χ2n) is 11.6. The summed E-state index contributed by atoms with van der Waals surface area (Å²) in [6.07, 6.45) is -0.166. The third-order valence-electron chi connectivity index (χ3n) is 8.17. The van der Waals surface area contributed by atoms with Crippen molar-refractivity contribution in [1.82, 2.24) is 29.7 Å². The minimum absolute atomic E-state index is 0.0809. The molecule has 0 bridgehead atoms. The van der Waals surface area contributed by atoms with Crippen molar-refractivity contribution < 1.29 is 34.0 Å². The molecule has 45 heavy (non-hydrogen) atoms. The van der Waals surface area contributed by atoms with E-state index in [4.69, 9.17) is 19.9 Å². The zero-order valence-electron chi connectivity index (χ0n) is 24.7. The van der Waals surface area contributed by atoms with E-state index in [2.05, 4.69) is 32.1 Å². The number of likely N-dealkylation sites (tertiary alicyclic amines) is 1. The van der Waals surface area contributed by atoms with Crippen molar-refractivity contribution in [3.05, 3.63) is 48.0 Å². The molecule has 2 amide bonds. The normalized spacial score (nSPS) is 23.5. The summed E-state index contributed by atoms with van der Waals surface area (Å²) >= 11 is 0. The number of ether oxygens (including phenoxy) is 3. The number of aliphatic hydroxyl groups excluding tert-OH is 2. The molecule has 0 spiro atoms. The Hall–Kier alpha value is -4.29. The number of nitrogens with one attached hydrogen (secondary N) is 1. The first-order chi connectivity index (χ1) is 21.9. The molecule has 1 aliphatic carbocycles. The van der Waals surface area contributed by atoms with Gasteiger partial charge in [0.2, 0.25) is 5.82 Å². The lowest BCUT2D eigenvalue weighted by Crippen LogP contribution is -2.43. The van der Waals surface area contributed by atoms with Gasteiger partial charge in [0.05, 0.1) is 19.5 Å². The number of nitrogens with two attached hydrogens (primary N) is 1. The van der Waals surface area contributed by atoms with Crippen LogP contribution in [0.3, 0.4) is 0 Å². The number of piperidine rings is 1. The van der Waals surface area contributed by atoms with Crippen molar-refractivity contribution in [2.45, 2.75) is 69.3 Å². The Morgan fingerprint density at radius 1 is 1.07 bits per heavy atom. The van der Waals surface area contributed by atoms with Gasteiger partial charge in [-0.05, 0) is 43.1 Å². The maximum atomic E-state index is 12.5. The van der Waals surface area contributed by atoms with Crippen molar-refractivity contribution in [2.75, 3.05) is 32.0 Å².